The second-order valence-corrected chi connectivity index (χ2v) is 8.36. The number of sulfonamides is 1. The first-order valence-corrected chi connectivity index (χ1v) is 9.72. The Balaban J connectivity index is 2.29. The van der Waals surface area contributed by atoms with Crippen molar-refractivity contribution >= 4 is 50.7 Å². The molecule has 0 bridgehead atoms. The molecule has 0 spiro atoms. The molecule has 1 aliphatic heterocycles. The summed E-state index contributed by atoms with van der Waals surface area (Å²) in [5.74, 6) is -0.970. The van der Waals surface area contributed by atoms with Crippen molar-refractivity contribution in [3.8, 4) is 5.75 Å². The van der Waals surface area contributed by atoms with Crippen LogP contribution in [-0.4, -0.2) is 61.1 Å². The van der Waals surface area contributed by atoms with Gasteiger partial charge in [0.2, 0.25) is 10.0 Å². The first-order valence-electron chi connectivity index (χ1n) is 6.73. The third-order valence-electron chi connectivity index (χ3n) is 3.57. The zero-order valence-electron chi connectivity index (χ0n) is 12.2. The van der Waals surface area contributed by atoms with Crippen molar-refractivity contribution in [1.29, 1.82) is 0 Å². The summed E-state index contributed by atoms with van der Waals surface area (Å²) >= 11 is 17.8. The van der Waals surface area contributed by atoms with Crippen molar-refractivity contribution in [2.24, 2.45) is 0 Å². The van der Waals surface area contributed by atoms with E-state index in [1.165, 1.54) is 15.3 Å². The number of phenolic OH excluding ortho intramolecular Hbond substituents is 1. The first kappa shape index (κ1) is 18.6. The molecular formula is C13H15Cl3N2O4S. The minimum Gasteiger partial charge on any atom is -0.505 e. The summed E-state index contributed by atoms with van der Waals surface area (Å²) in [5, 5.41) is 9.93. The van der Waals surface area contributed by atoms with Crippen LogP contribution in [-0.2, 0) is 10.0 Å². The molecule has 0 aliphatic carbocycles. The van der Waals surface area contributed by atoms with Crippen LogP contribution in [0.15, 0.2) is 6.07 Å². The average Bonchev–Trinajstić information content (AvgIpc) is 2.71. The molecule has 2 rings (SSSR count). The van der Waals surface area contributed by atoms with Crippen LogP contribution in [0.4, 0.5) is 0 Å². The summed E-state index contributed by atoms with van der Waals surface area (Å²) in [5.41, 5.74) is -0.169. The molecule has 6 nitrogen and oxygen atoms in total. The van der Waals surface area contributed by atoms with Gasteiger partial charge in [-0.15, -0.1) is 0 Å². The molecule has 1 heterocycles. The molecule has 1 saturated heterocycles. The van der Waals surface area contributed by atoms with E-state index in [1.807, 2.05) is 0 Å². The topological polar surface area (TPSA) is 77.9 Å². The monoisotopic (exact) mass is 400 g/mol. The van der Waals surface area contributed by atoms with Gasteiger partial charge in [0.1, 0.15) is 11.3 Å². The van der Waals surface area contributed by atoms with Crippen LogP contribution in [0.5, 0.6) is 5.75 Å². The van der Waals surface area contributed by atoms with Gasteiger partial charge in [-0.25, -0.2) is 12.7 Å². The van der Waals surface area contributed by atoms with Gasteiger partial charge < -0.3 is 10.0 Å². The summed E-state index contributed by atoms with van der Waals surface area (Å²) in [6.45, 7) is 1.03. The normalized spacial score (nSPS) is 17.1. The van der Waals surface area contributed by atoms with E-state index in [-0.39, 0.29) is 33.7 Å². The van der Waals surface area contributed by atoms with Crippen molar-refractivity contribution in [2.75, 3.05) is 32.4 Å². The van der Waals surface area contributed by atoms with Crippen molar-refractivity contribution < 1.29 is 18.3 Å². The van der Waals surface area contributed by atoms with E-state index in [0.717, 1.165) is 6.26 Å². The Hall–Kier alpha value is -0.730. The van der Waals surface area contributed by atoms with E-state index in [9.17, 15) is 18.3 Å². The molecule has 128 valence electrons. The van der Waals surface area contributed by atoms with E-state index in [4.69, 9.17) is 34.8 Å². The van der Waals surface area contributed by atoms with Gasteiger partial charge in [0.15, 0.2) is 0 Å². The second kappa shape index (κ2) is 7.03. The zero-order chi connectivity index (χ0) is 17.4. The van der Waals surface area contributed by atoms with E-state index in [2.05, 4.69) is 0 Å². The molecule has 10 heteroatoms. The lowest BCUT2D eigenvalue weighted by Crippen LogP contribution is -2.37. The molecule has 0 aromatic heterocycles. The number of hydrogen-bond donors (Lipinski definition) is 1. The average molecular weight is 402 g/mol. The van der Waals surface area contributed by atoms with Gasteiger partial charge in [-0.05, 0) is 12.5 Å². The molecule has 0 atom stereocenters. The number of rotatable bonds is 2. The maximum absolute atomic E-state index is 12.7. The van der Waals surface area contributed by atoms with Gasteiger partial charge in [-0.1, -0.05) is 34.8 Å². The molecular weight excluding hydrogens is 387 g/mol. The van der Waals surface area contributed by atoms with Crippen LogP contribution in [0.3, 0.4) is 0 Å². The third kappa shape index (κ3) is 4.03. The molecule has 1 aromatic rings. The Labute approximate surface area is 149 Å². The Morgan fingerprint density at radius 3 is 2.39 bits per heavy atom. The number of carbonyl (C=O) groups is 1. The predicted octanol–water partition coefficient (Wildman–Crippen LogP) is 2.46. The van der Waals surface area contributed by atoms with Crippen LogP contribution >= 0.6 is 34.8 Å². The van der Waals surface area contributed by atoms with Crippen LogP contribution in [0, 0.1) is 0 Å². The third-order valence-corrected chi connectivity index (χ3v) is 5.95. The summed E-state index contributed by atoms with van der Waals surface area (Å²) in [6.07, 6.45) is 1.61. The van der Waals surface area contributed by atoms with Crippen molar-refractivity contribution in [3.05, 3.63) is 26.7 Å². The summed E-state index contributed by atoms with van der Waals surface area (Å²) in [7, 11) is -3.32. The molecule has 1 fully saturated rings. The number of phenols is 1. The Bertz CT molecular complexity index is 713. The van der Waals surface area contributed by atoms with Crippen LogP contribution in [0.1, 0.15) is 16.8 Å². The van der Waals surface area contributed by atoms with Gasteiger partial charge in [-0.3, -0.25) is 4.79 Å². The highest BCUT2D eigenvalue weighted by molar-refractivity contribution is 7.88. The number of benzene rings is 1. The lowest BCUT2D eigenvalue weighted by atomic mass is 10.1. The quantitative estimate of drug-likeness (QED) is 0.772. The Kier molecular flexibility index (Phi) is 5.68. The molecule has 1 aromatic carbocycles. The van der Waals surface area contributed by atoms with E-state index in [1.54, 1.807) is 0 Å². The highest BCUT2D eigenvalue weighted by atomic mass is 35.5. The molecule has 0 unspecified atom stereocenters. The van der Waals surface area contributed by atoms with E-state index >= 15 is 0 Å². The zero-order valence-corrected chi connectivity index (χ0v) is 15.3. The number of amides is 1. The van der Waals surface area contributed by atoms with Crippen molar-refractivity contribution in [1.82, 2.24) is 9.21 Å². The minimum absolute atomic E-state index is 0.0606. The summed E-state index contributed by atoms with van der Waals surface area (Å²) in [4.78, 5) is 14.1. The number of carbonyl (C=O) groups excluding carboxylic acids is 1. The fourth-order valence-corrected chi connectivity index (χ4v) is 3.93. The molecule has 0 radical (unpaired) electrons. The SMILES string of the molecule is CS(=O)(=O)N1CCCN(C(=O)c2c(O)c(Cl)cc(Cl)c2Cl)CC1. The highest BCUT2D eigenvalue weighted by Gasteiger charge is 2.28. The number of hydrogen-bond acceptors (Lipinski definition) is 4. The lowest BCUT2D eigenvalue weighted by Gasteiger charge is -2.22. The summed E-state index contributed by atoms with van der Waals surface area (Å²) in [6, 6.07) is 1.26. The Morgan fingerprint density at radius 2 is 1.78 bits per heavy atom. The second-order valence-electron chi connectivity index (χ2n) is 5.19. The maximum Gasteiger partial charge on any atom is 0.259 e. The molecule has 1 N–H and O–H groups in total. The number of aromatic hydroxyl groups is 1. The van der Waals surface area contributed by atoms with Gasteiger partial charge in [0.25, 0.3) is 5.91 Å². The summed E-state index contributed by atoms with van der Waals surface area (Å²) < 4.78 is 24.5. The lowest BCUT2D eigenvalue weighted by molar-refractivity contribution is 0.0761. The standard InChI is InChI=1S/C13H15Cl3N2O4S/c1-23(21,22)18-4-2-3-17(5-6-18)13(20)10-11(16)8(14)7-9(15)12(10)19/h7,19H,2-6H2,1H3. The first-order chi connectivity index (χ1) is 10.6. The van der Waals surface area contributed by atoms with Crippen LogP contribution in [0.2, 0.25) is 15.1 Å². The number of nitrogens with zero attached hydrogens (tertiary/aromatic N) is 2. The Morgan fingerprint density at radius 1 is 1.13 bits per heavy atom. The van der Waals surface area contributed by atoms with Gasteiger partial charge in [0, 0.05) is 26.2 Å². The van der Waals surface area contributed by atoms with Crippen LogP contribution < -0.4 is 0 Å². The molecule has 0 saturated carbocycles. The fourth-order valence-electron chi connectivity index (χ4n) is 2.37. The molecule has 1 aliphatic rings. The van der Waals surface area contributed by atoms with Gasteiger partial charge in [-0.2, -0.15) is 0 Å². The number of halogens is 3. The largest absolute Gasteiger partial charge is 0.505 e. The van der Waals surface area contributed by atoms with Gasteiger partial charge in [0.05, 0.1) is 21.3 Å². The van der Waals surface area contributed by atoms with E-state index in [0.29, 0.717) is 19.5 Å². The van der Waals surface area contributed by atoms with Crippen molar-refractivity contribution in [2.45, 2.75) is 6.42 Å². The molecule has 23 heavy (non-hydrogen) atoms. The molecule has 1 amide bonds. The van der Waals surface area contributed by atoms with Crippen LogP contribution in [0.25, 0.3) is 0 Å². The predicted molar refractivity (Wildman–Crippen MR) is 90.1 cm³/mol. The smallest absolute Gasteiger partial charge is 0.259 e. The van der Waals surface area contributed by atoms with Gasteiger partial charge >= 0.3 is 0 Å². The maximum atomic E-state index is 12.7. The highest BCUT2D eigenvalue weighted by Crippen LogP contribution is 2.39. The fraction of sp³-hybridized carbons (Fsp3) is 0.462. The van der Waals surface area contributed by atoms with Crippen molar-refractivity contribution in [3.63, 3.8) is 0 Å². The van der Waals surface area contributed by atoms with E-state index < -0.39 is 21.7 Å². The minimum atomic E-state index is -3.32.